The van der Waals surface area contributed by atoms with Gasteiger partial charge in [-0.25, -0.2) is 4.98 Å². The van der Waals surface area contributed by atoms with E-state index in [9.17, 15) is 4.79 Å². The lowest BCUT2D eigenvalue weighted by atomic mass is 10.2. The molecule has 24 heavy (non-hydrogen) atoms. The Hall–Kier alpha value is -2.14. The van der Waals surface area contributed by atoms with Gasteiger partial charge in [0.05, 0.1) is 21.8 Å². The summed E-state index contributed by atoms with van der Waals surface area (Å²) < 4.78 is 6.75. The van der Waals surface area contributed by atoms with Crippen molar-refractivity contribution in [3.63, 3.8) is 0 Å². The molecular weight excluding hydrogens is 320 g/mol. The van der Waals surface area contributed by atoms with Crippen molar-refractivity contribution in [1.82, 2.24) is 9.88 Å². The molecule has 126 valence electrons. The molecule has 2 aromatic heterocycles. The highest BCUT2D eigenvalue weighted by Gasteiger charge is 2.11. The van der Waals surface area contributed by atoms with Gasteiger partial charge in [0, 0.05) is 13.5 Å². The fourth-order valence-corrected chi connectivity index (χ4v) is 3.67. The van der Waals surface area contributed by atoms with Crippen LogP contribution in [-0.2, 0) is 17.8 Å². The summed E-state index contributed by atoms with van der Waals surface area (Å²) in [7, 11) is 1.83. The van der Waals surface area contributed by atoms with Gasteiger partial charge in [0.1, 0.15) is 11.5 Å². The van der Waals surface area contributed by atoms with Crippen molar-refractivity contribution in [1.29, 1.82) is 0 Å². The molecule has 5 heteroatoms. The summed E-state index contributed by atoms with van der Waals surface area (Å²) in [6.07, 6.45) is 3.38. The van der Waals surface area contributed by atoms with Crippen LogP contribution < -0.4 is 0 Å². The Morgan fingerprint density at radius 2 is 2.04 bits per heavy atom. The lowest BCUT2D eigenvalue weighted by molar-refractivity contribution is -0.130. The van der Waals surface area contributed by atoms with Crippen LogP contribution >= 0.6 is 11.3 Å². The maximum atomic E-state index is 12.2. The predicted octanol–water partition coefficient (Wildman–Crippen LogP) is 4.57. The van der Waals surface area contributed by atoms with Gasteiger partial charge in [-0.1, -0.05) is 12.1 Å². The van der Waals surface area contributed by atoms with Gasteiger partial charge in [-0.05, 0) is 50.5 Å². The molecule has 1 aromatic carbocycles. The van der Waals surface area contributed by atoms with E-state index in [1.165, 1.54) is 4.70 Å². The number of benzene rings is 1. The van der Waals surface area contributed by atoms with Gasteiger partial charge in [-0.15, -0.1) is 11.3 Å². The maximum Gasteiger partial charge on any atom is 0.222 e. The summed E-state index contributed by atoms with van der Waals surface area (Å²) >= 11 is 1.75. The highest BCUT2D eigenvalue weighted by atomic mass is 32.1. The maximum absolute atomic E-state index is 12.2. The van der Waals surface area contributed by atoms with Gasteiger partial charge < -0.3 is 9.32 Å². The Kier molecular flexibility index (Phi) is 5.30. The smallest absolute Gasteiger partial charge is 0.222 e. The molecule has 3 aromatic rings. The Morgan fingerprint density at radius 3 is 2.79 bits per heavy atom. The Morgan fingerprint density at radius 1 is 1.21 bits per heavy atom. The third-order valence-electron chi connectivity index (χ3n) is 3.98. The number of hydrogen-bond donors (Lipinski definition) is 0. The number of aromatic nitrogens is 1. The molecule has 0 atom stereocenters. The van der Waals surface area contributed by atoms with E-state index in [0.717, 1.165) is 41.3 Å². The number of unbranched alkanes of at least 4 members (excludes halogenated alkanes) is 1. The number of nitrogens with zero attached hydrogens (tertiary/aromatic N) is 2. The molecule has 0 aliphatic carbocycles. The van der Waals surface area contributed by atoms with E-state index in [-0.39, 0.29) is 5.91 Å². The summed E-state index contributed by atoms with van der Waals surface area (Å²) in [4.78, 5) is 18.5. The number of hydrogen-bond acceptors (Lipinski definition) is 4. The molecule has 4 nitrogen and oxygen atoms in total. The molecule has 0 unspecified atom stereocenters. The number of carbonyl (C=O) groups excluding carboxylic acids is 1. The van der Waals surface area contributed by atoms with Crippen molar-refractivity contribution in [3.05, 3.63) is 52.9 Å². The lowest BCUT2D eigenvalue weighted by Crippen LogP contribution is -2.25. The molecule has 1 amide bonds. The highest BCUT2D eigenvalue weighted by Crippen LogP contribution is 2.23. The minimum absolute atomic E-state index is 0.161. The van der Waals surface area contributed by atoms with E-state index < -0.39 is 0 Å². The van der Waals surface area contributed by atoms with Crippen LogP contribution in [0.4, 0.5) is 0 Å². The van der Waals surface area contributed by atoms with Crippen molar-refractivity contribution >= 4 is 27.5 Å². The number of para-hydroxylation sites is 1. The number of furan rings is 1. The van der Waals surface area contributed by atoms with Gasteiger partial charge in [-0.3, -0.25) is 4.79 Å². The Labute approximate surface area is 146 Å². The van der Waals surface area contributed by atoms with Gasteiger partial charge in [0.15, 0.2) is 0 Å². The fourth-order valence-electron chi connectivity index (χ4n) is 2.66. The van der Waals surface area contributed by atoms with Crippen LogP contribution in [0.15, 0.2) is 40.8 Å². The average Bonchev–Trinajstić information content (AvgIpc) is 3.16. The molecule has 0 spiro atoms. The molecule has 0 fully saturated rings. The lowest BCUT2D eigenvalue weighted by Gasteiger charge is -2.15. The minimum atomic E-state index is 0.161. The van der Waals surface area contributed by atoms with Crippen molar-refractivity contribution < 1.29 is 9.21 Å². The molecule has 0 bridgehead atoms. The normalized spacial score (nSPS) is 11.1. The topological polar surface area (TPSA) is 46.3 Å². The van der Waals surface area contributed by atoms with Crippen LogP contribution in [0.5, 0.6) is 0 Å². The van der Waals surface area contributed by atoms with E-state index in [4.69, 9.17) is 4.42 Å². The van der Waals surface area contributed by atoms with Crippen molar-refractivity contribution in [2.45, 2.75) is 39.2 Å². The Bertz CT molecular complexity index is 789. The van der Waals surface area contributed by atoms with Crippen LogP contribution in [0, 0.1) is 6.92 Å². The largest absolute Gasteiger partial charge is 0.464 e. The summed E-state index contributed by atoms with van der Waals surface area (Å²) in [5.74, 6) is 1.87. The summed E-state index contributed by atoms with van der Waals surface area (Å²) in [6.45, 7) is 2.44. The molecular formula is C19H22N2O2S. The molecule has 0 saturated carbocycles. The number of aryl methyl sites for hydroxylation is 2. The number of rotatable bonds is 7. The number of carbonyl (C=O) groups is 1. The summed E-state index contributed by atoms with van der Waals surface area (Å²) in [5.41, 5.74) is 1.07. The third kappa shape index (κ3) is 4.23. The van der Waals surface area contributed by atoms with Gasteiger partial charge >= 0.3 is 0 Å². The van der Waals surface area contributed by atoms with Gasteiger partial charge in [0.25, 0.3) is 0 Å². The van der Waals surface area contributed by atoms with E-state index in [1.807, 2.05) is 44.3 Å². The molecule has 0 aliphatic rings. The van der Waals surface area contributed by atoms with Crippen LogP contribution in [-0.4, -0.2) is 22.8 Å². The zero-order valence-electron chi connectivity index (χ0n) is 14.1. The molecule has 2 heterocycles. The quantitative estimate of drug-likeness (QED) is 0.591. The fraction of sp³-hybridized carbons (Fsp3) is 0.368. The van der Waals surface area contributed by atoms with Crippen molar-refractivity contribution in [3.8, 4) is 0 Å². The second-order valence-electron chi connectivity index (χ2n) is 6.04. The van der Waals surface area contributed by atoms with Crippen LogP contribution in [0.2, 0.25) is 0 Å². The van der Waals surface area contributed by atoms with E-state index in [1.54, 1.807) is 16.2 Å². The standard InChI is InChI=1S/C19H22N2O2S/c1-14-11-12-15(23-14)13-21(2)19(22)10-6-5-9-18-20-16-7-3-4-8-17(16)24-18/h3-4,7-8,11-12H,5-6,9-10,13H2,1-2H3. The number of amides is 1. The summed E-state index contributed by atoms with van der Waals surface area (Å²) in [5, 5.41) is 1.16. The van der Waals surface area contributed by atoms with Crippen molar-refractivity contribution in [2.75, 3.05) is 7.05 Å². The second kappa shape index (κ2) is 7.62. The highest BCUT2D eigenvalue weighted by molar-refractivity contribution is 7.18. The number of fused-ring (bicyclic) bond motifs is 1. The van der Waals surface area contributed by atoms with Crippen LogP contribution in [0.25, 0.3) is 10.2 Å². The molecule has 0 radical (unpaired) electrons. The first kappa shape index (κ1) is 16.7. The Balaban J connectivity index is 1.41. The van der Waals surface area contributed by atoms with Gasteiger partial charge in [-0.2, -0.15) is 0 Å². The number of thiazole rings is 1. The first-order chi connectivity index (χ1) is 11.6. The first-order valence-corrected chi connectivity index (χ1v) is 9.07. The molecule has 0 saturated heterocycles. The third-order valence-corrected chi connectivity index (χ3v) is 5.08. The zero-order valence-corrected chi connectivity index (χ0v) is 14.9. The first-order valence-electron chi connectivity index (χ1n) is 8.25. The van der Waals surface area contributed by atoms with Crippen molar-refractivity contribution in [2.24, 2.45) is 0 Å². The summed E-state index contributed by atoms with van der Waals surface area (Å²) in [6, 6.07) is 12.0. The molecule has 0 N–H and O–H groups in total. The minimum Gasteiger partial charge on any atom is -0.464 e. The predicted molar refractivity (Wildman–Crippen MR) is 97.1 cm³/mol. The SMILES string of the molecule is Cc1ccc(CN(C)C(=O)CCCCc2nc3ccccc3s2)o1. The zero-order chi connectivity index (χ0) is 16.9. The second-order valence-corrected chi connectivity index (χ2v) is 7.16. The molecule has 0 aliphatic heterocycles. The van der Waals surface area contributed by atoms with Gasteiger partial charge in [0.2, 0.25) is 5.91 Å². The van der Waals surface area contributed by atoms with E-state index in [2.05, 4.69) is 11.1 Å². The van der Waals surface area contributed by atoms with Crippen LogP contribution in [0.3, 0.4) is 0 Å². The monoisotopic (exact) mass is 342 g/mol. The van der Waals surface area contributed by atoms with E-state index in [0.29, 0.717) is 13.0 Å². The van der Waals surface area contributed by atoms with E-state index >= 15 is 0 Å². The molecule has 3 rings (SSSR count). The van der Waals surface area contributed by atoms with Crippen LogP contribution in [0.1, 0.15) is 35.8 Å². The average molecular weight is 342 g/mol.